The molecule has 2 rings (SSSR count). The molecule has 1 unspecified atom stereocenters. The van der Waals surface area contributed by atoms with Gasteiger partial charge in [-0.05, 0) is 51.9 Å². The number of hydrogen-bond acceptors (Lipinski definition) is 1. The van der Waals surface area contributed by atoms with Crippen molar-refractivity contribution in [3.63, 3.8) is 0 Å². The molecular weight excluding hydrogens is 410 g/mol. The van der Waals surface area contributed by atoms with Crippen LogP contribution in [0.3, 0.4) is 0 Å². The van der Waals surface area contributed by atoms with Crippen LogP contribution in [-0.2, 0) is 6.42 Å². The van der Waals surface area contributed by atoms with Gasteiger partial charge in [-0.25, -0.2) is 4.39 Å². The van der Waals surface area contributed by atoms with Gasteiger partial charge in [-0.15, -0.1) is 0 Å². The molecule has 0 saturated carbocycles. The molecule has 0 amide bonds. The second-order valence-corrected chi connectivity index (χ2v) is 5.99. The van der Waals surface area contributed by atoms with E-state index >= 15 is 0 Å². The van der Waals surface area contributed by atoms with Gasteiger partial charge in [0.1, 0.15) is 5.82 Å². The molecule has 0 aliphatic rings. The highest BCUT2D eigenvalue weighted by molar-refractivity contribution is 14.1. The van der Waals surface area contributed by atoms with Gasteiger partial charge >= 0.3 is 0 Å². The summed E-state index contributed by atoms with van der Waals surface area (Å²) in [6.07, 6.45) is -0.125. The lowest BCUT2D eigenvalue weighted by Crippen LogP contribution is -2.04. The van der Waals surface area contributed by atoms with E-state index in [2.05, 4.69) is 15.9 Å². The van der Waals surface area contributed by atoms with E-state index in [1.165, 1.54) is 12.1 Å². The van der Waals surface area contributed by atoms with Crippen molar-refractivity contribution in [2.75, 3.05) is 0 Å². The van der Waals surface area contributed by atoms with Crippen LogP contribution in [0.4, 0.5) is 4.39 Å². The van der Waals surface area contributed by atoms with Crippen LogP contribution < -0.4 is 0 Å². The lowest BCUT2D eigenvalue weighted by atomic mass is 10.0. The predicted molar refractivity (Wildman–Crippen MR) is 81.9 cm³/mol. The van der Waals surface area contributed by atoms with Crippen LogP contribution in [-0.4, -0.2) is 5.11 Å². The maximum absolute atomic E-state index is 13.0. The van der Waals surface area contributed by atoms with Crippen molar-refractivity contribution < 1.29 is 9.50 Å². The SMILES string of the molecule is OC(Cc1ccccc1Br)c1ccc(F)cc1I. The summed E-state index contributed by atoms with van der Waals surface area (Å²) in [5.74, 6) is -0.281. The first kappa shape index (κ1) is 14.0. The second-order valence-electron chi connectivity index (χ2n) is 3.98. The van der Waals surface area contributed by atoms with Gasteiger partial charge < -0.3 is 5.11 Å². The number of halogens is 3. The van der Waals surface area contributed by atoms with Crippen LogP contribution in [0.2, 0.25) is 0 Å². The van der Waals surface area contributed by atoms with E-state index in [4.69, 9.17) is 0 Å². The van der Waals surface area contributed by atoms with Crippen LogP contribution in [0.5, 0.6) is 0 Å². The maximum atomic E-state index is 13.0. The molecule has 18 heavy (non-hydrogen) atoms. The predicted octanol–water partition coefficient (Wildman–Crippen LogP) is 4.47. The average molecular weight is 421 g/mol. The fraction of sp³-hybridized carbons (Fsp3) is 0.143. The molecule has 1 atom stereocenters. The Labute approximate surface area is 127 Å². The Morgan fingerprint density at radius 3 is 2.61 bits per heavy atom. The third-order valence-electron chi connectivity index (χ3n) is 2.69. The topological polar surface area (TPSA) is 20.2 Å². The molecule has 0 radical (unpaired) electrons. The Morgan fingerprint density at radius 2 is 1.94 bits per heavy atom. The molecule has 94 valence electrons. The van der Waals surface area contributed by atoms with Crippen LogP contribution in [0.15, 0.2) is 46.9 Å². The molecule has 2 aromatic rings. The molecule has 0 heterocycles. The first-order chi connectivity index (χ1) is 8.58. The molecule has 0 aliphatic carbocycles. The first-order valence-corrected chi connectivity index (χ1v) is 7.31. The molecule has 0 saturated heterocycles. The van der Waals surface area contributed by atoms with Crippen molar-refractivity contribution in [3.05, 3.63) is 67.5 Å². The smallest absolute Gasteiger partial charge is 0.124 e. The van der Waals surface area contributed by atoms with Crippen molar-refractivity contribution in [2.45, 2.75) is 12.5 Å². The summed E-state index contributed by atoms with van der Waals surface area (Å²) in [5.41, 5.74) is 1.79. The Kier molecular flexibility index (Phi) is 4.75. The van der Waals surface area contributed by atoms with Crippen molar-refractivity contribution in [1.29, 1.82) is 0 Å². The summed E-state index contributed by atoms with van der Waals surface area (Å²) < 4.78 is 14.7. The maximum Gasteiger partial charge on any atom is 0.124 e. The summed E-state index contributed by atoms with van der Waals surface area (Å²) in [7, 11) is 0. The summed E-state index contributed by atoms with van der Waals surface area (Å²) in [6, 6.07) is 12.2. The van der Waals surface area contributed by atoms with Gasteiger partial charge in [0.25, 0.3) is 0 Å². The number of aliphatic hydroxyl groups excluding tert-OH is 1. The van der Waals surface area contributed by atoms with E-state index < -0.39 is 6.10 Å². The van der Waals surface area contributed by atoms with E-state index in [0.717, 1.165) is 19.2 Å². The number of hydrogen-bond donors (Lipinski definition) is 1. The number of benzene rings is 2. The van der Waals surface area contributed by atoms with Gasteiger partial charge in [-0.3, -0.25) is 0 Å². The van der Waals surface area contributed by atoms with Crippen molar-refractivity contribution in [3.8, 4) is 0 Å². The molecule has 0 spiro atoms. The lowest BCUT2D eigenvalue weighted by molar-refractivity contribution is 0.177. The minimum absolute atomic E-state index is 0.281. The highest BCUT2D eigenvalue weighted by atomic mass is 127. The molecule has 2 aromatic carbocycles. The zero-order chi connectivity index (χ0) is 13.1. The largest absolute Gasteiger partial charge is 0.388 e. The summed E-state index contributed by atoms with van der Waals surface area (Å²) in [5, 5.41) is 10.2. The van der Waals surface area contributed by atoms with E-state index in [1.807, 2.05) is 46.9 Å². The molecule has 4 heteroatoms. The van der Waals surface area contributed by atoms with Crippen LogP contribution in [0.25, 0.3) is 0 Å². The zero-order valence-electron chi connectivity index (χ0n) is 9.41. The Morgan fingerprint density at radius 1 is 1.22 bits per heavy atom. The average Bonchev–Trinajstić information content (AvgIpc) is 2.32. The molecule has 1 N–H and O–H groups in total. The standard InChI is InChI=1S/C14H11BrFIO/c15-12-4-2-1-3-9(12)7-14(18)11-6-5-10(16)8-13(11)17/h1-6,8,14,18H,7H2. The molecule has 0 aliphatic heterocycles. The summed E-state index contributed by atoms with van der Waals surface area (Å²) in [4.78, 5) is 0. The van der Waals surface area contributed by atoms with Gasteiger partial charge in [-0.1, -0.05) is 40.2 Å². The fourth-order valence-electron chi connectivity index (χ4n) is 1.75. The van der Waals surface area contributed by atoms with Gasteiger partial charge in [0.15, 0.2) is 0 Å². The third-order valence-corrected chi connectivity index (χ3v) is 4.40. The summed E-state index contributed by atoms with van der Waals surface area (Å²) >= 11 is 5.50. The van der Waals surface area contributed by atoms with E-state index in [0.29, 0.717) is 6.42 Å². The van der Waals surface area contributed by atoms with Gasteiger partial charge in [-0.2, -0.15) is 0 Å². The molecule has 0 bridgehead atoms. The van der Waals surface area contributed by atoms with E-state index in [9.17, 15) is 9.50 Å². The highest BCUT2D eigenvalue weighted by Gasteiger charge is 2.13. The van der Waals surface area contributed by atoms with Crippen molar-refractivity contribution in [1.82, 2.24) is 0 Å². The minimum Gasteiger partial charge on any atom is -0.388 e. The third kappa shape index (κ3) is 3.30. The monoisotopic (exact) mass is 420 g/mol. The van der Waals surface area contributed by atoms with Gasteiger partial charge in [0.05, 0.1) is 6.10 Å². The molecule has 0 aromatic heterocycles. The normalized spacial score (nSPS) is 12.4. The van der Waals surface area contributed by atoms with Gasteiger partial charge in [0.2, 0.25) is 0 Å². The van der Waals surface area contributed by atoms with Crippen molar-refractivity contribution in [2.24, 2.45) is 0 Å². The summed E-state index contributed by atoms with van der Waals surface area (Å²) in [6.45, 7) is 0. The fourth-order valence-corrected chi connectivity index (χ4v) is 3.04. The lowest BCUT2D eigenvalue weighted by Gasteiger charge is -2.14. The minimum atomic E-state index is -0.629. The second kappa shape index (κ2) is 6.12. The van der Waals surface area contributed by atoms with Gasteiger partial charge in [0, 0.05) is 14.5 Å². The quantitative estimate of drug-likeness (QED) is 0.726. The number of rotatable bonds is 3. The Bertz CT molecular complexity index is 559. The molecule has 0 fully saturated rings. The highest BCUT2D eigenvalue weighted by Crippen LogP contribution is 2.26. The molecular formula is C14H11BrFIO. The van der Waals surface area contributed by atoms with Crippen LogP contribution in [0.1, 0.15) is 17.2 Å². The van der Waals surface area contributed by atoms with E-state index in [-0.39, 0.29) is 5.82 Å². The van der Waals surface area contributed by atoms with Crippen LogP contribution in [0, 0.1) is 9.39 Å². The zero-order valence-corrected chi connectivity index (χ0v) is 13.2. The first-order valence-electron chi connectivity index (χ1n) is 5.44. The van der Waals surface area contributed by atoms with Crippen molar-refractivity contribution >= 4 is 38.5 Å². The van der Waals surface area contributed by atoms with E-state index in [1.54, 1.807) is 6.07 Å². The Hall–Kier alpha value is -0.460. The van der Waals surface area contributed by atoms with Crippen LogP contribution >= 0.6 is 38.5 Å². The Balaban J connectivity index is 2.22. The molecule has 1 nitrogen and oxygen atoms in total. The number of aliphatic hydroxyl groups is 1.